The number of amides is 4. The maximum Gasteiger partial charge on any atom is 0.326 e. The molecule has 0 saturated carbocycles. The highest BCUT2D eigenvalue weighted by Gasteiger charge is 2.31. The van der Waals surface area contributed by atoms with Crippen LogP contribution in [-0.4, -0.2) is 80.7 Å². The van der Waals surface area contributed by atoms with Gasteiger partial charge in [-0.3, -0.25) is 24.0 Å². The summed E-state index contributed by atoms with van der Waals surface area (Å²) in [5.41, 5.74) is 12.1. The van der Waals surface area contributed by atoms with E-state index in [9.17, 15) is 33.9 Å². The quantitative estimate of drug-likeness (QED) is 0.119. The third-order valence-electron chi connectivity index (χ3n) is 5.30. The van der Waals surface area contributed by atoms with Gasteiger partial charge in [0.05, 0.1) is 18.9 Å². The molecule has 2 rings (SSSR count). The fourth-order valence-corrected chi connectivity index (χ4v) is 3.69. The Morgan fingerprint density at radius 3 is 2.08 bits per heavy atom. The number of hydrogen-bond acceptors (Lipinski definition) is 8. The van der Waals surface area contributed by atoms with E-state index in [2.05, 4.69) is 33.6 Å². The molecule has 15 heteroatoms. The van der Waals surface area contributed by atoms with E-state index in [1.54, 1.807) is 30.5 Å². The second-order valence-corrected chi connectivity index (χ2v) is 8.51. The van der Waals surface area contributed by atoms with Crippen LogP contribution in [0.3, 0.4) is 0 Å². The van der Waals surface area contributed by atoms with Gasteiger partial charge >= 0.3 is 11.9 Å². The first-order chi connectivity index (χ1) is 17.4. The van der Waals surface area contributed by atoms with E-state index >= 15 is 0 Å². The number of para-hydroxylation sites is 1. The molecule has 37 heavy (non-hydrogen) atoms. The molecule has 1 heterocycles. The minimum absolute atomic E-state index is 0.0981. The minimum Gasteiger partial charge on any atom is -0.481 e. The number of aromatic amines is 1. The molecule has 2 aromatic rings. The monoisotopic (exact) mass is 536 g/mol. The highest BCUT2D eigenvalue weighted by atomic mass is 32.1. The van der Waals surface area contributed by atoms with Crippen molar-refractivity contribution in [2.24, 2.45) is 11.5 Å². The number of carbonyl (C=O) groups is 6. The summed E-state index contributed by atoms with van der Waals surface area (Å²) in [5, 5.41) is 25.9. The molecule has 200 valence electrons. The van der Waals surface area contributed by atoms with E-state index in [0.29, 0.717) is 5.56 Å². The lowest BCUT2D eigenvalue weighted by Crippen LogP contribution is -2.58. The van der Waals surface area contributed by atoms with Gasteiger partial charge in [0.25, 0.3) is 0 Å². The highest BCUT2D eigenvalue weighted by Crippen LogP contribution is 2.19. The largest absolute Gasteiger partial charge is 0.481 e. The first kappa shape index (κ1) is 29.1. The maximum absolute atomic E-state index is 12.9. The standard InChI is InChI=1S/C22H28N6O8S/c23-12(6-18(30)31)19(32)28-16(9-37)21(34)26-14(7-17(24)29)20(33)27-15(22(35)36)5-10-8-25-13-4-2-1-3-11(10)13/h1-4,8,12,14-16,25,37H,5-7,9,23H2,(H2,24,29)(H,26,34)(H,27,33)(H,28,32)(H,30,31)(H,35,36). The summed E-state index contributed by atoms with van der Waals surface area (Å²) in [7, 11) is 0. The molecular weight excluding hydrogens is 508 g/mol. The zero-order chi connectivity index (χ0) is 27.7. The Kier molecular flexibility index (Phi) is 10.4. The number of hydrogen-bond donors (Lipinski definition) is 9. The van der Waals surface area contributed by atoms with Crippen molar-refractivity contribution in [1.29, 1.82) is 0 Å². The number of benzene rings is 1. The van der Waals surface area contributed by atoms with Gasteiger partial charge in [0.15, 0.2) is 0 Å². The lowest BCUT2D eigenvalue weighted by atomic mass is 10.0. The van der Waals surface area contributed by atoms with E-state index in [-0.39, 0.29) is 12.2 Å². The molecule has 4 amide bonds. The summed E-state index contributed by atoms with van der Waals surface area (Å²) >= 11 is 3.97. The number of aliphatic carboxylic acids is 2. The molecular formula is C22H28N6O8S. The number of fused-ring (bicyclic) bond motifs is 1. The number of rotatable bonds is 14. The van der Waals surface area contributed by atoms with E-state index in [1.807, 2.05) is 0 Å². The Morgan fingerprint density at radius 2 is 1.49 bits per heavy atom. The van der Waals surface area contributed by atoms with Gasteiger partial charge in [-0.05, 0) is 11.6 Å². The van der Waals surface area contributed by atoms with Crippen molar-refractivity contribution in [3.05, 3.63) is 36.0 Å². The number of nitrogens with two attached hydrogens (primary N) is 2. The number of carbonyl (C=O) groups excluding carboxylic acids is 4. The zero-order valence-electron chi connectivity index (χ0n) is 19.5. The van der Waals surface area contributed by atoms with Gasteiger partial charge in [-0.15, -0.1) is 0 Å². The summed E-state index contributed by atoms with van der Waals surface area (Å²) in [5.74, 6) is -6.79. The van der Waals surface area contributed by atoms with Crippen LogP contribution < -0.4 is 27.4 Å². The van der Waals surface area contributed by atoms with Crippen molar-refractivity contribution in [3.63, 3.8) is 0 Å². The lowest BCUT2D eigenvalue weighted by molar-refractivity contribution is -0.142. The number of nitrogens with one attached hydrogen (secondary N) is 4. The van der Waals surface area contributed by atoms with Crippen LogP contribution in [0.15, 0.2) is 30.5 Å². The van der Waals surface area contributed by atoms with Gasteiger partial charge in [0, 0.05) is 29.3 Å². The van der Waals surface area contributed by atoms with E-state index in [0.717, 1.165) is 10.9 Å². The second kappa shape index (κ2) is 13.3. The van der Waals surface area contributed by atoms with Crippen LogP contribution in [0.1, 0.15) is 18.4 Å². The van der Waals surface area contributed by atoms with Crippen molar-refractivity contribution in [2.75, 3.05) is 5.75 Å². The van der Waals surface area contributed by atoms with Crippen LogP contribution in [0.5, 0.6) is 0 Å². The van der Waals surface area contributed by atoms with Gasteiger partial charge in [-0.25, -0.2) is 4.79 Å². The summed E-state index contributed by atoms with van der Waals surface area (Å²) in [4.78, 5) is 74.8. The van der Waals surface area contributed by atoms with E-state index in [1.165, 1.54) is 0 Å². The van der Waals surface area contributed by atoms with Crippen LogP contribution in [0.2, 0.25) is 0 Å². The summed E-state index contributed by atoms with van der Waals surface area (Å²) < 4.78 is 0. The number of primary amides is 1. The predicted octanol–water partition coefficient (Wildman–Crippen LogP) is -2.14. The SMILES string of the molecule is NC(=O)CC(NC(=O)C(CS)NC(=O)C(N)CC(=O)O)C(=O)NC(Cc1c[nH]c2ccccc12)C(=O)O. The van der Waals surface area contributed by atoms with Crippen molar-refractivity contribution < 1.29 is 39.0 Å². The normalized spacial score (nSPS) is 14.1. The number of carboxylic acids is 2. The number of aromatic nitrogens is 1. The topological polar surface area (TPSA) is 247 Å². The third kappa shape index (κ3) is 8.50. The molecule has 4 unspecified atom stereocenters. The summed E-state index contributed by atoms with van der Waals surface area (Å²) in [6.45, 7) is 0. The molecule has 0 aliphatic rings. The lowest BCUT2D eigenvalue weighted by Gasteiger charge is -2.24. The molecule has 0 bridgehead atoms. The highest BCUT2D eigenvalue weighted by molar-refractivity contribution is 7.80. The number of carboxylic acid groups (broad SMARTS) is 2. The van der Waals surface area contributed by atoms with Crippen LogP contribution in [0.25, 0.3) is 10.9 Å². The predicted molar refractivity (Wildman–Crippen MR) is 133 cm³/mol. The third-order valence-corrected chi connectivity index (χ3v) is 5.66. The Labute approximate surface area is 215 Å². The molecule has 14 nitrogen and oxygen atoms in total. The molecule has 1 aromatic heterocycles. The molecule has 4 atom stereocenters. The van der Waals surface area contributed by atoms with Crippen molar-refractivity contribution >= 4 is 59.1 Å². The van der Waals surface area contributed by atoms with Gasteiger partial charge in [0.1, 0.15) is 18.1 Å². The molecule has 0 spiro atoms. The Morgan fingerprint density at radius 1 is 0.892 bits per heavy atom. The molecule has 10 N–H and O–H groups in total. The van der Waals surface area contributed by atoms with E-state index < -0.39 is 72.6 Å². The summed E-state index contributed by atoms with van der Waals surface area (Å²) in [6.07, 6.45) is 0.165. The number of H-pyrrole nitrogens is 1. The van der Waals surface area contributed by atoms with Crippen LogP contribution in [0, 0.1) is 0 Å². The Bertz CT molecular complexity index is 1180. The molecule has 0 aliphatic carbocycles. The van der Waals surface area contributed by atoms with Gasteiger partial charge in [-0.2, -0.15) is 12.6 Å². The van der Waals surface area contributed by atoms with E-state index in [4.69, 9.17) is 16.6 Å². The van der Waals surface area contributed by atoms with Crippen molar-refractivity contribution in [3.8, 4) is 0 Å². The maximum atomic E-state index is 12.9. The molecule has 0 fully saturated rings. The molecule has 0 radical (unpaired) electrons. The Hall–Kier alpha value is -4.11. The first-order valence-electron chi connectivity index (χ1n) is 11.0. The van der Waals surface area contributed by atoms with Crippen LogP contribution >= 0.6 is 12.6 Å². The molecule has 1 aromatic carbocycles. The van der Waals surface area contributed by atoms with Crippen LogP contribution in [-0.2, 0) is 35.2 Å². The Balaban J connectivity index is 2.13. The van der Waals surface area contributed by atoms with Gasteiger partial charge in [0.2, 0.25) is 23.6 Å². The van der Waals surface area contributed by atoms with Gasteiger partial charge in [-0.1, -0.05) is 18.2 Å². The van der Waals surface area contributed by atoms with Gasteiger partial charge < -0.3 is 42.6 Å². The van der Waals surface area contributed by atoms with Crippen molar-refractivity contribution in [2.45, 2.75) is 43.4 Å². The number of thiol groups is 1. The molecule has 0 aliphatic heterocycles. The minimum atomic E-state index is -1.57. The van der Waals surface area contributed by atoms with Crippen LogP contribution in [0.4, 0.5) is 0 Å². The average Bonchev–Trinajstić information content (AvgIpc) is 3.23. The molecule has 0 saturated heterocycles. The fraction of sp³-hybridized carbons (Fsp3) is 0.364. The zero-order valence-corrected chi connectivity index (χ0v) is 20.4. The first-order valence-corrected chi connectivity index (χ1v) is 11.6. The average molecular weight is 537 g/mol. The second-order valence-electron chi connectivity index (χ2n) is 8.14. The smallest absolute Gasteiger partial charge is 0.326 e. The summed E-state index contributed by atoms with van der Waals surface area (Å²) in [6, 6.07) is 1.39. The fourth-order valence-electron chi connectivity index (χ4n) is 3.43. The van der Waals surface area contributed by atoms with Crippen molar-refractivity contribution in [1.82, 2.24) is 20.9 Å².